The van der Waals surface area contributed by atoms with Crippen molar-refractivity contribution in [3.63, 3.8) is 0 Å². The number of anilines is 1. The molecule has 0 radical (unpaired) electrons. The monoisotopic (exact) mass is 366 g/mol. The van der Waals surface area contributed by atoms with Gasteiger partial charge in [0.15, 0.2) is 5.78 Å². The van der Waals surface area contributed by atoms with Gasteiger partial charge >= 0.3 is 0 Å². The number of Topliss-reactive ketones (excluding diaryl/α,β-unsaturated/α-hetero) is 1. The number of ether oxygens (including phenoxy) is 1. The lowest BCUT2D eigenvalue weighted by atomic mass is 9.96. The maximum absolute atomic E-state index is 12.6. The molecule has 0 aliphatic carbocycles. The first-order valence-electron chi connectivity index (χ1n) is 9.33. The number of para-hydroxylation sites is 1. The molecule has 0 spiro atoms. The summed E-state index contributed by atoms with van der Waals surface area (Å²) in [5.74, 6) is 0.838. The number of piperidine rings is 1. The second-order valence-electron chi connectivity index (χ2n) is 7.01. The summed E-state index contributed by atoms with van der Waals surface area (Å²) in [6.07, 6.45) is 1.86. The van der Waals surface area contributed by atoms with Gasteiger partial charge in [-0.1, -0.05) is 18.2 Å². The van der Waals surface area contributed by atoms with Gasteiger partial charge in [0, 0.05) is 29.9 Å². The van der Waals surface area contributed by atoms with Crippen LogP contribution in [0.25, 0.3) is 0 Å². The van der Waals surface area contributed by atoms with Crippen LogP contribution in [-0.4, -0.2) is 36.8 Å². The first-order chi connectivity index (χ1) is 13.1. The van der Waals surface area contributed by atoms with Crippen molar-refractivity contribution in [1.29, 1.82) is 0 Å². The molecule has 1 fully saturated rings. The number of nitrogens with one attached hydrogen (secondary N) is 1. The number of methoxy groups -OCH3 is 1. The smallest absolute Gasteiger partial charge is 0.228 e. The molecule has 142 valence electrons. The topological polar surface area (TPSA) is 58.6 Å². The van der Waals surface area contributed by atoms with Crippen molar-refractivity contribution in [2.45, 2.75) is 26.3 Å². The standard InChI is InChI=1S/C22H26N2O3/c1-16(25)17-10-11-21(27-2)19(13-17)15-24-12-6-7-18(14-24)22(26)23-20-8-4-3-5-9-20/h3-5,8-11,13,18H,6-7,12,14-15H2,1-2H3,(H,23,26). The summed E-state index contributed by atoms with van der Waals surface area (Å²) >= 11 is 0. The Bertz CT molecular complexity index is 804. The van der Waals surface area contributed by atoms with E-state index < -0.39 is 0 Å². The predicted octanol–water partition coefficient (Wildman–Crippen LogP) is 3.75. The van der Waals surface area contributed by atoms with Crippen molar-refractivity contribution in [3.05, 3.63) is 59.7 Å². The van der Waals surface area contributed by atoms with Crippen LogP contribution in [0.15, 0.2) is 48.5 Å². The lowest BCUT2D eigenvalue weighted by molar-refractivity contribution is -0.121. The van der Waals surface area contributed by atoms with Gasteiger partial charge in [-0.2, -0.15) is 0 Å². The predicted molar refractivity (Wildman–Crippen MR) is 106 cm³/mol. The van der Waals surface area contributed by atoms with Crippen molar-refractivity contribution in [3.8, 4) is 5.75 Å². The third-order valence-corrected chi connectivity index (χ3v) is 5.00. The van der Waals surface area contributed by atoms with Crippen LogP contribution in [0.2, 0.25) is 0 Å². The van der Waals surface area contributed by atoms with Crippen LogP contribution in [0.1, 0.15) is 35.7 Å². The summed E-state index contributed by atoms with van der Waals surface area (Å²) in [5.41, 5.74) is 2.49. The molecule has 1 heterocycles. The van der Waals surface area contributed by atoms with Crippen molar-refractivity contribution in [1.82, 2.24) is 4.90 Å². The molecule has 27 heavy (non-hydrogen) atoms. The third-order valence-electron chi connectivity index (χ3n) is 5.00. The normalized spacial score (nSPS) is 17.3. The molecule has 1 saturated heterocycles. The van der Waals surface area contributed by atoms with E-state index in [4.69, 9.17) is 4.74 Å². The Morgan fingerprint density at radius 2 is 1.96 bits per heavy atom. The van der Waals surface area contributed by atoms with E-state index in [2.05, 4.69) is 10.2 Å². The SMILES string of the molecule is COc1ccc(C(C)=O)cc1CN1CCCC(C(=O)Nc2ccccc2)C1. The van der Waals surface area contributed by atoms with Gasteiger partial charge in [0.25, 0.3) is 0 Å². The zero-order valence-electron chi connectivity index (χ0n) is 15.9. The number of benzene rings is 2. The van der Waals surface area contributed by atoms with E-state index in [0.717, 1.165) is 36.4 Å². The maximum Gasteiger partial charge on any atom is 0.228 e. The van der Waals surface area contributed by atoms with Gasteiger partial charge in [-0.3, -0.25) is 14.5 Å². The Balaban J connectivity index is 1.67. The fourth-order valence-electron chi connectivity index (χ4n) is 3.54. The van der Waals surface area contributed by atoms with Gasteiger partial charge in [-0.15, -0.1) is 0 Å². The highest BCUT2D eigenvalue weighted by molar-refractivity contribution is 5.94. The minimum atomic E-state index is -0.0408. The van der Waals surface area contributed by atoms with Gasteiger partial charge in [-0.25, -0.2) is 0 Å². The van der Waals surface area contributed by atoms with Crippen LogP contribution in [0.4, 0.5) is 5.69 Å². The molecule has 5 nitrogen and oxygen atoms in total. The highest BCUT2D eigenvalue weighted by Gasteiger charge is 2.26. The Kier molecular flexibility index (Phi) is 6.24. The average Bonchev–Trinajstić information content (AvgIpc) is 2.69. The summed E-state index contributed by atoms with van der Waals surface area (Å²) in [6.45, 7) is 3.87. The summed E-state index contributed by atoms with van der Waals surface area (Å²) in [6, 6.07) is 15.1. The molecule has 1 atom stereocenters. The molecule has 3 rings (SSSR count). The zero-order chi connectivity index (χ0) is 19.2. The molecular formula is C22H26N2O3. The number of nitrogens with zero attached hydrogens (tertiary/aromatic N) is 1. The minimum absolute atomic E-state index is 0.0395. The highest BCUT2D eigenvalue weighted by Crippen LogP contribution is 2.25. The maximum atomic E-state index is 12.6. The van der Waals surface area contributed by atoms with Crippen molar-refractivity contribution < 1.29 is 14.3 Å². The number of likely N-dealkylation sites (tertiary alicyclic amines) is 1. The first kappa shape index (κ1) is 19.1. The molecular weight excluding hydrogens is 340 g/mol. The molecule has 1 amide bonds. The molecule has 1 aliphatic rings. The van der Waals surface area contributed by atoms with E-state index in [0.29, 0.717) is 18.7 Å². The Hall–Kier alpha value is -2.66. The molecule has 0 aromatic heterocycles. The Morgan fingerprint density at radius 1 is 1.19 bits per heavy atom. The van der Waals surface area contributed by atoms with Crippen molar-refractivity contribution in [2.75, 3.05) is 25.5 Å². The first-order valence-corrected chi connectivity index (χ1v) is 9.33. The van der Waals surface area contributed by atoms with Crippen LogP contribution in [-0.2, 0) is 11.3 Å². The molecule has 2 aromatic carbocycles. The van der Waals surface area contributed by atoms with E-state index in [-0.39, 0.29) is 17.6 Å². The van der Waals surface area contributed by atoms with Crippen LogP contribution in [0.3, 0.4) is 0 Å². The Morgan fingerprint density at radius 3 is 2.67 bits per heavy atom. The average molecular weight is 366 g/mol. The zero-order valence-corrected chi connectivity index (χ0v) is 15.9. The van der Waals surface area contributed by atoms with Gasteiger partial charge in [0.05, 0.1) is 13.0 Å². The summed E-state index contributed by atoms with van der Waals surface area (Å²) < 4.78 is 5.46. The van der Waals surface area contributed by atoms with Gasteiger partial charge in [0.2, 0.25) is 5.91 Å². The fourth-order valence-corrected chi connectivity index (χ4v) is 3.54. The number of ketones is 1. The summed E-state index contributed by atoms with van der Waals surface area (Å²) in [7, 11) is 1.64. The quantitative estimate of drug-likeness (QED) is 0.791. The molecule has 1 N–H and O–H groups in total. The number of hydrogen-bond donors (Lipinski definition) is 1. The highest BCUT2D eigenvalue weighted by atomic mass is 16.5. The summed E-state index contributed by atoms with van der Waals surface area (Å²) in [5, 5.41) is 3.01. The molecule has 0 saturated carbocycles. The minimum Gasteiger partial charge on any atom is -0.496 e. The van der Waals surface area contributed by atoms with Crippen LogP contribution in [0, 0.1) is 5.92 Å². The molecule has 5 heteroatoms. The fraction of sp³-hybridized carbons (Fsp3) is 0.364. The second-order valence-corrected chi connectivity index (χ2v) is 7.01. The van der Waals surface area contributed by atoms with E-state index in [1.807, 2.05) is 42.5 Å². The van der Waals surface area contributed by atoms with E-state index >= 15 is 0 Å². The number of hydrogen-bond acceptors (Lipinski definition) is 4. The van der Waals surface area contributed by atoms with Crippen LogP contribution < -0.4 is 10.1 Å². The number of amides is 1. The summed E-state index contributed by atoms with van der Waals surface area (Å²) in [4.78, 5) is 26.6. The molecule has 0 bridgehead atoms. The second kappa shape index (κ2) is 8.82. The molecule has 1 aliphatic heterocycles. The third kappa shape index (κ3) is 4.95. The number of carbonyl (C=O) groups excluding carboxylic acids is 2. The number of rotatable bonds is 6. The van der Waals surface area contributed by atoms with E-state index in [9.17, 15) is 9.59 Å². The lowest BCUT2D eigenvalue weighted by Crippen LogP contribution is -2.40. The van der Waals surface area contributed by atoms with Crippen molar-refractivity contribution in [2.24, 2.45) is 5.92 Å². The van der Waals surface area contributed by atoms with Gasteiger partial charge in [-0.05, 0) is 56.6 Å². The lowest BCUT2D eigenvalue weighted by Gasteiger charge is -2.32. The van der Waals surface area contributed by atoms with Gasteiger partial charge in [0.1, 0.15) is 5.75 Å². The van der Waals surface area contributed by atoms with Crippen LogP contribution >= 0.6 is 0 Å². The van der Waals surface area contributed by atoms with Crippen molar-refractivity contribution >= 4 is 17.4 Å². The van der Waals surface area contributed by atoms with Gasteiger partial charge < -0.3 is 10.1 Å². The largest absolute Gasteiger partial charge is 0.496 e. The number of carbonyl (C=O) groups is 2. The van der Waals surface area contributed by atoms with E-state index in [1.54, 1.807) is 20.1 Å². The van der Waals surface area contributed by atoms with Crippen LogP contribution in [0.5, 0.6) is 5.75 Å². The molecule has 1 unspecified atom stereocenters. The van der Waals surface area contributed by atoms with E-state index in [1.165, 1.54) is 0 Å². The molecule has 2 aromatic rings. The Labute approximate surface area is 160 Å².